The number of nitrogens with one attached hydrogen (secondary N) is 1. The maximum atomic E-state index is 12.4. The van der Waals surface area contributed by atoms with Crippen LogP contribution in [0.2, 0.25) is 0 Å². The van der Waals surface area contributed by atoms with Crippen LogP contribution in [0.25, 0.3) is 16.8 Å². The van der Waals surface area contributed by atoms with E-state index in [-0.39, 0.29) is 11.9 Å². The van der Waals surface area contributed by atoms with E-state index in [1.807, 2.05) is 28.1 Å². The molecule has 152 valence electrons. The van der Waals surface area contributed by atoms with Gasteiger partial charge in [-0.05, 0) is 38.6 Å². The maximum absolute atomic E-state index is 12.4. The van der Waals surface area contributed by atoms with Crippen molar-refractivity contribution in [2.45, 2.75) is 18.9 Å². The Balaban J connectivity index is 1.52. The van der Waals surface area contributed by atoms with Crippen molar-refractivity contribution in [3.63, 3.8) is 0 Å². The molecule has 8 nitrogen and oxygen atoms in total. The van der Waals surface area contributed by atoms with Crippen LogP contribution in [-0.2, 0) is 0 Å². The van der Waals surface area contributed by atoms with Gasteiger partial charge in [-0.3, -0.25) is 19.4 Å². The minimum atomic E-state index is -0.194. The van der Waals surface area contributed by atoms with E-state index < -0.39 is 0 Å². The first-order valence-electron chi connectivity index (χ1n) is 9.76. The zero-order chi connectivity index (χ0) is 20.7. The molecule has 1 atom stereocenters. The predicted octanol–water partition coefficient (Wildman–Crippen LogP) is 3.45. The average Bonchev–Trinajstić information content (AvgIpc) is 3.48. The van der Waals surface area contributed by atoms with Gasteiger partial charge < -0.3 is 5.73 Å². The number of imidazole rings is 1. The molecule has 30 heavy (non-hydrogen) atoms. The highest BCUT2D eigenvalue weighted by Crippen LogP contribution is 2.35. The minimum Gasteiger partial charge on any atom is -0.382 e. The molecule has 1 unspecified atom stereocenters. The van der Waals surface area contributed by atoms with Crippen LogP contribution in [-0.4, -0.2) is 43.8 Å². The normalized spacial score (nSPS) is 16.9. The lowest BCUT2D eigenvalue weighted by atomic mass is 10.1. The topological polar surface area (TPSA) is 101 Å². The average molecular weight is 420 g/mol. The molecule has 4 heterocycles. The van der Waals surface area contributed by atoms with E-state index in [2.05, 4.69) is 27.2 Å². The molecule has 0 saturated carbocycles. The molecule has 1 fully saturated rings. The molecule has 0 radical (unpaired) electrons. The first-order chi connectivity index (χ1) is 14.6. The van der Waals surface area contributed by atoms with Gasteiger partial charge in [-0.15, -0.1) is 11.3 Å². The minimum absolute atomic E-state index is 0.194. The molecule has 1 aliphatic heterocycles. The highest BCUT2D eigenvalue weighted by atomic mass is 32.1. The van der Waals surface area contributed by atoms with Crippen molar-refractivity contribution < 1.29 is 4.79 Å². The molecule has 3 aromatic heterocycles. The van der Waals surface area contributed by atoms with Crippen molar-refractivity contribution in [2.75, 3.05) is 24.6 Å². The Labute approximate surface area is 177 Å². The molecule has 1 saturated heterocycles. The summed E-state index contributed by atoms with van der Waals surface area (Å²) in [6.07, 6.45) is 7.49. The highest BCUT2D eigenvalue weighted by molar-refractivity contribution is 7.13. The third-order valence-corrected chi connectivity index (χ3v) is 6.19. The lowest BCUT2D eigenvalue weighted by Crippen LogP contribution is -2.19. The number of nitrogens with zero attached hydrogens (tertiary/aromatic N) is 5. The van der Waals surface area contributed by atoms with Gasteiger partial charge in [-0.25, -0.2) is 15.0 Å². The summed E-state index contributed by atoms with van der Waals surface area (Å²) in [5, 5.41) is 5.19. The number of rotatable bonds is 4. The number of hydrogen-bond acceptors (Lipinski definition) is 7. The summed E-state index contributed by atoms with van der Waals surface area (Å²) in [4.78, 5) is 28.1. The van der Waals surface area contributed by atoms with Gasteiger partial charge in [0.2, 0.25) is 0 Å². The quantitative estimate of drug-likeness (QED) is 0.525. The van der Waals surface area contributed by atoms with Gasteiger partial charge in [0, 0.05) is 35.1 Å². The van der Waals surface area contributed by atoms with Crippen LogP contribution >= 0.6 is 11.3 Å². The third-order valence-electron chi connectivity index (χ3n) is 5.50. The smallest absolute Gasteiger partial charge is 0.257 e. The number of carbonyl (C=O) groups excluding carboxylic acids is 1. The molecule has 9 heteroatoms. The SMILES string of the molecule is CN1CCCC1c1nc(-c2ccc(C(=O)Nc3nccs3)cc2)c2c(N)nccn12. The van der Waals surface area contributed by atoms with E-state index in [4.69, 9.17) is 10.7 Å². The number of benzene rings is 1. The summed E-state index contributed by atoms with van der Waals surface area (Å²) in [6.45, 7) is 1.05. The van der Waals surface area contributed by atoms with Crippen molar-refractivity contribution in [3.8, 4) is 11.3 Å². The zero-order valence-corrected chi connectivity index (χ0v) is 17.3. The van der Waals surface area contributed by atoms with Crippen LogP contribution in [0, 0.1) is 0 Å². The Kier molecular flexibility index (Phi) is 4.68. The second kappa shape index (κ2) is 7.51. The van der Waals surface area contributed by atoms with Crippen molar-refractivity contribution in [3.05, 3.63) is 59.6 Å². The van der Waals surface area contributed by atoms with E-state index in [1.54, 1.807) is 24.5 Å². The number of fused-ring (bicyclic) bond motifs is 1. The molecule has 0 bridgehead atoms. The van der Waals surface area contributed by atoms with E-state index in [0.717, 1.165) is 42.0 Å². The van der Waals surface area contributed by atoms with Crippen LogP contribution in [0.15, 0.2) is 48.2 Å². The Morgan fingerprint density at radius 1 is 1.23 bits per heavy atom. The van der Waals surface area contributed by atoms with Crippen molar-refractivity contribution in [1.82, 2.24) is 24.3 Å². The molecular weight excluding hydrogens is 398 g/mol. The third kappa shape index (κ3) is 3.21. The Bertz CT molecular complexity index is 1200. The molecule has 0 spiro atoms. The van der Waals surface area contributed by atoms with E-state index in [0.29, 0.717) is 16.5 Å². The summed E-state index contributed by atoms with van der Waals surface area (Å²) in [6, 6.07) is 7.62. The van der Waals surface area contributed by atoms with Crippen LogP contribution in [0.5, 0.6) is 0 Å². The number of anilines is 2. The standard InChI is InChI=1S/C21H21N7OS/c1-27-10-2-3-15(27)19-25-16(17-18(22)23-8-11-28(17)19)13-4-6-14(7-5-13)20(29)26-21-24-9-12-30-21/h4-9,11-12,15H,2-3,10H2,1H3,(H2,22,23)(H,24,26,29). The van der Waals surface area contributed by atoms with Crippen molar-refractivity contribution in [2.24, 2.45) is 0 Å². The van der Waals surface area contributed by atoms with Gasteiger partial charge >= 0.3 is 0 Å². The molecule has 1 amide bonds. The number of aromatic nitrogens is 4. The van der Waals surface area contributed by atoms with Gasteiger partial charge in [0.05, 0.1) is 6.04 Å². The lowest BCUT2D eigenvalue weighted by Gasteiger charge is -2.18. The lowest BCUT2D eigenvalue weighted by molar-refractivity contribution is 0.102. The molecule has 1 aromatic carbocycles. The number of likely N-dealkylation sites (tertiary alicyclic amines) is 1. The van der Waals surface area contributed by atoms with Gasteiger partial charge in [-0.2, -0.15) is 0 Å². The van der Waals surface area contributed by atoms with Crippen molar-refractivity contribution >= 4 is 33.7 Å². The molecule has 0 aliphatic carbocycles. The second-order valence-corrected chi connectivity index (χ2v) is 8.25. The van der Waals surface area contributed by atoms with E-state index in [1.165, 1.54) is 11.3 Å². The van der Waals surface area contributed by atoms with Gasteiger partial charge in [-0.1, -0.05) is 12.1 Å². The van der Waals surface area contributed by atoms with Crippen molar-refractivity contribution in [1.29, 1.82) is 0 Å². The summed E-state index contributed by atoms with van der Waals surface area (Å²) in [5.74, 6) is 1.22. The Morgan fingerprint density at radius 2 is 2.07 bits per heavy atom. The predicted molar refractivity (Wildman–Crippen MR) is 118 cm³/mol. The van der Waals surface area contributed by atoms with Gasteiger partial charge in [0.25, 0.3) is 5.91 Å². The summed E-state index contributed by atoms with van der Waals surface area (Å²) < 4.78 is 2.05. The van der Waals surface area contributed by atoms with Gasteiger partial charge in [0.15, 0.2) is 5.13 Å². The Hall–Kier alpha value is -3.30. The fraction of sp³-hybridized carbons (Fsp3) is 0.238. The summed E-state index contributed by atoms with van der Waals surface area (Å²) in [7, 11) is 2.12. The monoisotopic (exact) mass is 419 g/mol. The molecule has 5 rings (SSSR count). The number of hydrogen-bond donors (Lipinski definition) is 2. The van der Waals surface area contributed by atoms with Crippen LogP contribution in [0.3, 0.4) is 0 Å². The first-order valence-corrected chi connectivity index (χ1v) is 10.6. The van der Waals surface area contributed by atoms with Crippen LogP contribution < -0.4 is 11.1 Å². The van der Waals surface area contributed by atoms with Gasteiger partial charge in [0.1, 0.15) is 22.9 Å². The van der Waals surface area contributed by atoms with Crippen LogP contribution in [0.1, 0.15) is 35.1 Å². The molecular formula is C21H21N7OS. The molecule has 1 aliphatic rings. The summed E-state index contributed by atoms with van der Waals surface area (Å²) >= 11 is 1.38. The largest absolute Gasteiger partial charge is 0.382 e. The van der Waals surface area contributed by atoms with E-state index >= 15 is 0 Å². The number of carbonyl (C=O) groups is 1. The molecule has 4 aromatic rings. The van der Waals surface area contributed by atoms with Crippen LogP contribution in [0.4, 0.5) is 10.9 Å². The fourth-order valence-electron chi connectivity index (χ4n) is 3.99. The second-order valence-electron chi connectivity index (χ2n) is 7.36. The summed E-state index contributed by atoms with van der Waals surface area (Å²) in [5.41, 5.74) is 9.27. The zero-order valence-electron chi connectivity index (χ0n) is 16.4. The number of amides is 1. The Morgan fingerprint density at radius 3 is 2.77 bits per heavy atom. The van der Waals surface area contributed by atoms with E-state index in [9.17, 15) is 4.79 Å². The highest BCUT2D eigenvalue weighted by Gasteiger charge is 2.28. The number of nitrogens with two attached hydrogens (primary N) is 1. The number of thiazole rings is 1. The molecule has 3 N–H and O–H groups in total. The number of nitrogen functional groups attached to an aromatic ring is 1. The first kappa shape index (κ1) is 18.7. The maximum Gasteiger partial charge on any atom is 0.257 e. The fourth-order valence-corrected chi connectivity index (χ4v) is 4.52.